The van der Waals surface area contributed by atoms with Gasteiger partial charge in [0, 0.05) is 19.7 Å². The molecule has 108 valence electrons. The van der Waals surface area contributed by atoms with Crippen LogP contribution in [0.5, 0.6) is 0 Å². The maximum absolute atomic E-state index is 13.5. The summed E-state index contributed by atoms with van der Waals surface area (Å²) in [7, 11) is 1.65. The van der Waals surface area contributed by atoms with E-state index < -0.39 is 0 Å². The normalized spacial score (nSPS) is 12.6. The van der Waals surface area contributed by atoms with Crippen molar-refractivity contribution in [2.45, 2.75) is 32.5 Å². The van der Waals surface area contributed by atoms with Gasteiger partial charge < -0.3 is 10.1 Å². The van der Waals surface area contributed by atoms with Gasteiger partial charge in [0.15, 0.2) is 0 Å². The van der Waals surface area contributed by atoms with Crippen molar-refractivity contribution in [3.8, 4) is 0 Å². The highest BCUT2D eigenvalue weighted by atomic mass is 19.1. The smallest absolute Gasteiger partial charge is 0.126 e. The number of aromatic amines is 1. The lowest BCUT2D eigenvalue weighted by atomic mass is 10.1. The lowest BCUT2D eigenvalue weighted by Crippen LogP contribution is -2.28. The second-order valence-corrected chi connectivity index (χ2v) is 4.90. The molecule has 1 aromatic heterocycles. The maximum atomic E-state index is 13.5. The molecule has 0 bridgehead atoms. The van der Waals surface area contributed by atoms with Crippen molar-refractivity contribution in [1.82, 2.24) is 15.5 Å². The van der Waals surface area contributed by atoms with Crippen LogP contribution in [-0.2, 0) is 24.3 Å². The fourth-order valence-corrected chi connectivity index (χ4v) is 2.07. The largest absolute Gasteiger partial charge is 0.378 e. The van der Waals surface area contributed by atoms with Crippen LogP contribution in [0.15, 0.2) is 30.3 Å². The van der Waals surface area contributed by atoms with Crippen LogP contribution in [0.25, 0.3) is 0 Å². The summed E-state index contributed by atoms with van der Waals surface area (Å²) >= 11 is 0. The average molecular weight is 277 g/mol. The highest BCUT2D eigenvalue weighted by Crippen LogP contribution is 2.09. The van der Waals surface area contributed by atoms with Crippen LogP contribution in [-0.4, -0.2) is 23.3 Å². The first-order chi connectivity index (χ1) is 9.69. The first kappa shape index (κ1) is 14.7. The van der Waals surface area contributed by atoms with E-state index in [0.717, 1.165) is 17.0 Å². The van der Waals surface area contributed by atoms with Crippen LogP contribution < -0.4 is 5.32 Å². The molecule has 0 saturated carbocycles. The predicted octanol–water partition coefficient (Wildman–Crippen LogP) is 2.42. The zero-order valence-electron chi connectivity index (χ0n) is 11.8. The highest BCUT2D eigenvalue weighted by Gasteiger charge is 2.08. The molecule has 0 unspecified atom stereocenters. The van der Waals surface area contributed by atoms with Crippen LogP contribution in [0.2, 0.25) is 0 Å². The van der Waals surface area contributed by atoms with E-state index in [4.69, 9.17) is 4.74 Å². The van der Waals surface area contributed by atoms with E-state index in [1.165, 1.54) is 6.07 Å². The highest BCUT2D eigenvalue weighted by molar-refractivity contribution is 5.18. The zero-order valence-corrected chi connectivity index (χ0v) is 11.8. The zero-order chi connectivity index (χ0) is 14.4. The molecule has 1 aromatic carbocycles. The Morgan fingerprint density at radius 1 is 1.40 bits per heavy atom. The second kappa shape index (κ2) is 7.17. The number of nitrogens with one attached hydrogen (secondary N) is 2. The summed E-state index contributed by atoms with van der Waals surface area (Å²) in [6.45, 7) is 3.21. The molecular formula is C15H20FN3O. The number of hydrogen-bond acceptors (Lipinski definition) is 3. The summed E-state index contributed by atoms with van der Waals surface area (Å²) in [4.78, 5) is 0. The maximum Gasteiger partial charge on any atom is 0.126 e. The van der Waals surface area contributed by atoms with Crippen molar-refractivity contribution in [2.24, 2.45) is 0 Å². The van der Waals surface area contributed by atoms with Crippen LogP contribution in [0, 0.1) is 5.82 Å². The molecule has 1 atom stereocenters. The fourth-order valence-electron chi connectivity index (χ4n) is 2.07. The Morgan fingerprint density at radius 2 is 2.20 bits per heavy atom. The number of halogens is 1. The van der Waals surface area contributed by atoms with E-state index in [0.29, 0.717) is 19.6 Å². The summed E-state index contributed by atoms with van der Waals surface area (Å²) in [6.07, 6.45) is 0.655. The van der Waals surface area contributed by atoms with Gasteiger partial charge in [-0.2, -0.15) is 5.10 Å². The third-order valence-electron chi connectivity index (χ3n) is 3.10. The van der Waals surface area contributed by atoms with Gasteiger partial charge in [-0.25, -0.2) is 4.39 Å². The molecular weight excluding hydrogens is 257 g/mol. The summed E-state index contributed by atoms with van der Waals surface area (Å²) in [5, 5.41) is 10.4. The number of rotatable bonds is 7. The number of hydrogen-bond donors (Lipinski definition) is 2. The first-order valence-corrected chi connectivity index (χ1v) is 6.68. The number of aromatic nitrogens is 2. The van der Waals surface area contributed by atoms with Crippen LogP contribution in [0.1, 0.15) is 23.9 Å². The van der Waals surface area contributed by atoms with Crippen molar-refractivity contribution < 1.29 is 9.13 Å². The van der Waals surface area contributed by atoms with Gasteiger partial charge in [0.2, 0.25) is 0 Å². The van der Waals surface area contributed by atoms with Crippen molar-refractivity contribution in [3.05, 3.63) is 53.1 Å². The number of ether oxygens (including phenoxy) is 1. The Kier molecular flexibility index (Phi) is 5.26. The molecule has 20 heavy (non-hydrogen) atoms. The van der Waals surface area contributed by atoms with Crippen LogP contribution in [0.4, 0.5) is 4.39 Å². The molecule has 5 heteroatoms. The molecule has 0 aliphatic heterocycles. The fraction of sp³-hybridized carbons (Fsp3) is 0.400. The van der Waals surface area contributed by atoms with E-state index in [2.05, 4.69) is 15.5 Å². The average Bonchev–Trinajstić information content (AvgIpc) is 2.87. The minimum atomic E-state index is -0.150. The molecule has 1 heterocycles. The van der Waals surface area contributed by atoms with Gasteiger partial charge in [0.25, 0.3) is 0 Å². The molecule has 0 radical (unpaired) electrons. The summed E-state index contributed by atoms with van der Waals surface area (Å²) in [5.41, 5.74) is 2.61. The molecule has 2 N–H and O–H groups in total. The van der Waals surface area contributed by atoms with E-state index in [1.54, 1.807) is 13.2 Å². The molecule has 0 aliphatic rings. The molecule has 2 rings (SSSR count). The van der Waals surface area contributed by atoms with Crippen molar-refractivity contribution in [1.29, 1.82) is 0 Å². The van der Waals surface area contributed by atoms with Gasteiger partial charge in [0.05, 0.1) is 18.0 Å². The van der Waals surface area contributed by atoms with Crippen molar-refractivity contribution >= 4 is 0 Å². The summed E-state index contributed by atoms with van der Waals surface area (Å²) in [5.74, 6) is -0.150. The first-order valence-electron chi connectivity index (χ1n) is 6.68. The molecule has 4 nitrogen and oxygen atoms in total. The quantitative estimate of drug-likeness (QED) is 0.817. The predicted molar refractivity (Wildman–Crippen MR) is 75.7 cm³/mol. The van der Waals surface area contributed by atoms with Crippen molar-refractivity contribution in [2.75, 3.05) is 7.11 Å². The van der Waals surface area contributed by atoms with Gasteiger partial charge in [-0.05, 0) is 31.0 Å². The van der Waals surface area contributed by atoms with E-state index in [1.807, 2.05) is 25.1 Å². The molecule has 0 spiro atoms. The SMILES string of the molecule is COCc1cc(CN[C@H](C)Cc2ccccc2F)n[nH]1. The number of methoxy groups -OCH3 is 1. The number of nitrogens with zero attached hydrogens (tertiary/aromatic N) is 1. The lowest BCUT2D eigenvalue weighted by Gasteiger charge is -2.13. The van der Waals surface area contributed by atoms with Crippen LogP contribution in [0.3, 0.4) is 0 Å². The van der Waals surface area contributed by atoms with Gasteiger partial charge in [0.1, 0.15) is 5.82 Å². The molecule has 0 amide bonds. The molecule has 0 fully saturated rings. The minimum absolute atomic E-state index is 0.150. The van der Waals surface area contributed by atoms with Gasteiger partial charge >= 0.3 is 0 Å². The van der Waals surface area contributed by atoms with Crippen molar-refractivity contribution in [3.63, 3.8) is 0 Å². The minimum Gasteiger partial charge on any atom is -0.378 e. The molecule has 2 aromatic rings. The third-order valence-corrected chi connectivity index (χ3v) is 3.10. The Morgan fingerprint density at radius 3 is 2.95 bits per heavy atom. The molecule has 0 aliphatic carbocycles. The Bertz CT molecular complexity index is 541. The van der Waals surface area contributed by atoms with Gasteiger partial charge in [-0.15, -0.1) is 0 Å². The summed E-state index contributed by atoms with van der Waals surface area (Å²) < 4.78 is 18.6. The Hall–Kier alpha value is -1.72. The number of benzene rings is 1. The summed E-state index contributed by atoms with van der Waals surface area (Å²) in [6, 6.07) is 9.01. The monoisotopic (exact) mass is 277 g/mol. The second-order valence-electron chi connectivity index (χ2n) is 4.90. The lowest BCUT2D eigenvalue weighted by molar-refractivity contribution is 0.181. The third kappa shape index (κ3) is 4.15. The van der Waals surface area contributed by atoms with E-state index in [9.17, 15) is 4.39 Å². The topological polar surface area (TPSA) is 49.9 Å². The van der Waals surface area contributed by atoms with Gasteiger partial charge in [-0.3, -0.25) is 5.10 Å². The van der Waals surface area contributed by atoms with Gasteiger partial charge in [-0.1, -0.05) is 18.2 Å². The standard InChI is InChI=1S/C15H20FN3O/c1-11(7-12-5-3-4-6-15(12)16)17-9-13-8-14(10-20-2)19-18-13/h3-6,8,11,17H,7,9-10H2,1-2H3,(H,18,19)/t11-/m1/s1. The van der Waals surface area contributed by atoms with E-state index >= 15 is 0 Å². The van der Waals surface area contributed by atoms with E-state index in [-0.39, 0.29) is 11.9 Å². The van der Waals surface area contributed by atoms with Crippen LogP contribution >= 0.6 is 0 Å². The Labute approximate surface area is 118 Å². The molecule has 0 saturated heterocycles. The number of H-pyrrole nitrogens is 1. The Balaban J connectivity index is 1.82.